The summed E-state index contributed by atoms with van der Waals surface area (Å²) in [5.41, 5.74) is 0.694. The number of H-pyrrole nitrogens is 1. The zero-order chi connectivity index (χ0) is 19.0. The largest absolute Gasteiger partial charge is 0.598 e. The number of rotatable bonds is 4. The van der Waals surface area contributed by atoms with Crippen LogP contribution in [0.4, 0.5) is 0 Å². The average Bonchev–Trinajstić information content (AvgIpc) is 3.09. The summed E-state index contributed by atoms with van der Waals surface area (Å²) in [5.74, 6) is 0.423. The third kappa shape index (κ3) is 4.00. The predicted molar refractivity (Wildman–Crippen MR) is 97.4 cm³/mol. The van der Waals surface area contributed by atoms with Crippen LogP contribution in [0.2, 0.25) is 5.02 Å². The molecule has 8 nitrogen and oxygen atoms in total. The van der Waals surface area contributed by atoms with E-state index in [1.165, 1.54) is 16.8 Å². The van der Waals surface area contributed by atoms with Crippen molar-refractivity contribution >= 4 is 19.8 Å². The van der Waals surface area contributed by atoms with Gasteiger partial charge in [-0.25, -0.2) is 4.79 Å². The molecule has 0 spiro atoms. The fraction of sp³-hybridized carbons (Fsp3) is 0.294. The number of hydrogen-bond acceptors (Lipinski definition) is 6. The van der Waals surface area contributed by atoms with E-state index < -0.39 is 19.4 Å². The Balaban J connectivity index is 1.37. The molecule has 27 heavy (non-hydrogen) atoms. The molecular formula is C17H16ClN2O6P. The van der Waals surface area contributed by atoms with E-state index in [0.29, 0.717) is 29.2 Å². The summed E-state index contributed by atoms with van der Waals surface area (Å²) in [6.45, 7) is 0.149. The number of nitrogens with one attached hydrogen (secondary N) is 1. The lowest BCUT2D eigenvalue weighted by atomic mass is 10.2. The van der Waals surface area contributed by atoms with E-state index in [4.69, 9.17) is 25.2 Å². The Hall–Kier alpha value is -1.96. The smallest absolute Gasteiger partial charge is 0.429 e. The van der Waals surface area contributed by atoms with Crippen molar-refractivity contribution in [1.29, 1.82) is 0 Å². The number of hydrogen-bond donors (Lipinski definition) is 1. The Kier molecular flexibility index (Phi) is 4.92. The van der Waals surface area contributed by atoms with Crippen molar-refractivity contribution < 1.29 is 18.5 Å². The highest BCUT2D eigenvalue weighted by atomic mass is 35.5. The van der Waals surface area contributed by atoms with E-state index in [1.54, 1.807) is 18.2 Å². The van der Waals surface area contributed by atoms with Crippen LogP contribution < -0.4 is 20.7 Å². The molecule has 2 atom stereocenters. The lowest BCUT2D eigenvalue weighted by Gasteiger charge is -2.29. The lowest BCUT2D eigenvalue weighted by Crippen LogP contribution is -2.30. The van der Waals surface area contributed by atoms with Crippen LogP contribution in [0.25, 0.3) is 0 Å². The minimum Gasteiger partial charge on any atom is -0.598 e. The summed E-state index contributed by atoms with van der Waals surface area (Å²) >= 11 is 5.92. The van der Waals surface area contributed by atoms with E-state index in [2.05, 4.69) is 4.98 Å². The lowest BCUT2D eigenvalue weighted by molar-refractivity contribution is -0.242. The van der Waals surface area contributed by atoms with Crippen LogP contribution in [0.1, 0.15) is 24.4 Å². The van der Waals surface area contributed by atoms with Gasteiger partial charge in [0.2, 0.25) is 0 Å². The average molecular weight is 411 g/mol. The molecule has 1 aliphatic carbocycles. The van der Waals surface area contributed by atoms with Crippen LogP contribution in [0, 0.1) is 0 Å². The Morgan fingerprint density at radius 1 is 1.37 bits per heavy atom. The SMILES string of the molecule is O=c1ccn([C@H]2CC=C(CO[P+]3([O-])OCc4cc(Cl)ccc4O3)C2)c(=O)[nH]1. The summed E-state index contributed by atoms with van der Waals surface area (Å²) < 4.78 is 17.6. The Labute approximate surface area is 159 Å². The maximum atomic E-state index is 12.7. The number of nitrogens with zero attached hydrogens (tertiary/aromatic N) is 1. The Bertz CT molecular complexity index is 1020. The van der Waals surface area contributed by atoms with Crippen molar-refractivity contribution in [3.63, 3.8) is 0 Å². The molecular weight excluding hydrogens is 395 g/mol. The number of fused-ring (bicyclic) bond motifs is 1. The molecule has 2 heterocycles. The number of phosphoric ester groups is 1. The number of benzene rings is 1. The van der Waals surface area contributed by atoms with Gasteiger partial charge >= 0.3 is 13.9 Å². The third-order valence-corrected chi connectivity index (χ3v) is 5.99. The van der Waals surface area contributed by atoms with Crippen LogP contribution in [0.15, 0.2) is 51.7 Å². The molecule has 0 saturated carbocycles. The standard InChI is InChI=1S/C17H16ClN2O6P/c18-13-2-4-15-12(8-13)10-25-27(23,26-15)24-9-11-1-3-14(7-11)20-6-5-16(21)19-17(20)22/h1-2,4-6,8,14H,3,7,9-10H2,(H,19,21,22)/t14-,27?/m0/s1. The highest BCUT2D eigenvalue weighted by molar-refractivity contribution is 7.54. The molecule has 1 aliphatic heterocycles. The zero-order valence-corrected chi connectivity index (χ0v) is 15.7. The normalized spacial score (nSPS) is 24.2. The number of aromatic nitrogens is 2. The molecule has 0 bridgehead atoms. The third-order valence-electron chi connectivity index (χ3n) is 4.44. The van der Waals surface area contributed by atoms with E-state index in [-0.39, 0.29) is 19.3 Å². The van der Waals surface area contributed by atoms with E-state index in [9.17, 15) is 14.5 Å². The highest BCUT2D eigenvalue weighted by Crippen LogP contribution is 2.58. The maximum Gasteiger partial charge on any atom is 0.429 e. The summed E-state index contributed by atoms with van der Waals surface area (Å²) in [6, 6.07) is 6.14. The summed E-state index contributed by atoms with van der Waals surface area (Å²) in [5, 5.41) is 0.540. The fourth-order valence-corrected chi connectivity index (χ4v) is 4.50. The second-order valence-electron chi connectivity index (χ2n) is 6.31. The van der Waals surface area contributed by atoms with Crippen molar-refractivity contribution in [2.24, 2.45) is 0 Å². The highest BCUT2D eigenvalue weighted by Gasteiger charge is 2.40. The van der Waals surface area contributed by atoms with Crippen molar-refractivity contribution in [2.75, 3.05) is 6.61 Å². The van der Waals surface area contributed by atoms with Gasteiger partial charge in [0, 0.05) is 28.9 Å². The molecule has 0 radical (unpaired) electrons. The first-order chi connectivity index (χ1) is 12.9. The molecule has 1 unspecified atom stereocenters. The molecule has 4 rings (SSSR count). The van der Waals surface area contributed by atoms with Crippen molar-refractivity contribution in [1.82, 2.24) is 9.55 Å². The van der Waals surface area contributed by atoms with Gasteiger partial charge < -0.3 is 4.89 Å². The van der Waals surface area contributed by atoms with E-state index in [0.717, 1.165) is 5.57 Å². The van der Waals surface area contributed by atoms with Gasteiger partial charge in [-0.3, -0.25) is 18.9 Å². The van der Waals surface area contributed by atoms with Crippen LogP contribution in [-0.4, -0.2) is 16.2 Å². The molecule has 0 saturated heterocycles. The molecule has 1 aromatic heterocycles. The first-order valence-corrected chi connectivity index (χ1v) is 10.1. The van der Waals surface area contributed by atoms with Gasteiger partial charge in [0.15, 0.2) is 5.75 Å². The van der Waals surface area contributed by atoms with E-state index >= 15 is 0 Å². The fourth-order valence-electron chi connectivity index (χ4n) is 3.09. The molecule has 2 aromatic rings. The predicted octanol–water partition coefficient (Wildman–Crippen LogP) is 2.11. The number of phosphoric acid groups is 1. The van der Waals surface area contributed by atoms with Gasteiger partial charge in [-0.05, 0) is 36.6 Å². The maximum absolute atomic E-state index is 12.7. The molecule has 1 N–H and O–H groups in total. The Morgan fingerprint density at radius 3 is 3.04 bits per heavy atom. The van der Waals surface area contributed by atoms with Crippen LogP contribution in [0.5, 0.6) is 5.75 Å². The van der Waals surface area contributed by atoms with Gasteiger partial charge in [-0.15, -0.1) is 0 Å². The van der Waals surface area contributed by atoms with Gasteiger partial charge in [-0.1, -0.05) is 17.7 Å². The molecule has 0 amide bonds. The monoisotopic (exact) mass is 410 g/mol. The minimum atomic E-state index is -3.72. The van der Waals surface area contributed by atoms with Crippen LogP contribution in [0.3, 0.4) is 0 Å². The molecule has 0 fully saturated rings. The molecule has 10 heteroatoms. The second-order valence-corrected chi connectivity index (χ2v) is 8.34. The summed E-state index contributed by atoms with van der Waals surface area (Å²) in [7, 11) is -3.72. The minimum absolute atomic E-state index is 0.0643. The Morgan fingerprint density at radius 2 is 2.22 bits per heavy atom. The topological polar surface area (TPSA) is 106 Å². The number of aromatic amines is 1. The zero-order valence-electron chi connectivity index (χ0n) is 14.1. The van der Waals surface area contributed by atoms with Gasteiger partial charge in [-0.2, -0.15) is 9.05 Å². The van der Waals surface area contributed by atoms with Gasteiger partial charge in [0.05, 0.1) is 0 Å². The first kappa shape index (κ1) is 18.4. The van der Waals surface area contributed by atoms with Gasteiger partial charge in [0.1, 0.15) is 13.2 Å². The summed E-state index contributed by atoms with van der Waals surface area (Å²) in [4.78, 5) is 38.0. The molecule has 1 aromatic carbocycles. The van der Waals surface area contributed by atoms with Crippen LogP contribution >= 0.6 is 19.8 Å². The number of halogens is 1. The van der Waals surface area contributed by atoms with Crippen LogP contribution in [-0.2, 0) is 15.7 Å². The summed E-state index contributed by atoms with van der Waals surface area (Å²) in [6.07, 6.45) is 4.54. The quantitative estimate of drug-likeness (QED) is 0.611. The van der Waals surface area contributed by atoms with E-state index in [1.807, 2.05) is 6.08 Å². The molecule has 2 aliphatic rings. The van der Waals surface area contributed by atoms with Crippen molar-refractivity contribution in [3.05, 3.63) is 73.5 Å². The number of allylic oxidation sites excluding steroid dienone is 1. The van der Waals surface area contributed by atoms with Gasteiger partial charge in [0.25, 0.3) is 5.56 Å². The first-order valence-electron chi connectivity index (χ1n) is 8.28. The van der Waals surface area contributed by atoms with Crippen molar-refractivity contribution in [2.45, 2.75) is 25.5 Å². The second kappa shape index (κ2) is 7.22. The molecule has 142 valence electrons. The van der Waals surface area contributed by atoms with Crippen molar-refractivity contribution in [3.8, 4) is 5.75 Å².